The molecule has 1 rings (SSSR count). The fourth-order valence-corrected chi connectivity index (χ4v) is 1.17. The van der Waals surface area contributed by atoms with Gasteiger partial charge < -0.3 is 14.5 Å². The van der Waals surface area contributed by atoms with Crippen molar-refractivity contribution in [1.29, 1.82) is 0 Å². The average Bonchev–Trinajstić information content (AvgIpc) is 2.52. The van der Waals surface area contributed by atoms with Gasteiger partial charge in [0, 0.05) is 7.11 Å². The number of carbonyl (C=O) groups excluding carboxylic acids is 1. The Bertz CT molecular complexity index is 306. The van der Waals surface area contributed by atoms with Crippen molar-refractivity contribution in [3.63, 3.8) is 0 Å². The Labute approximate surface area is 83.2 Å². The van der Waals surface area contributed by atoms with Crippen LogP contribution >= 0.6 is 0 Å². The second-order valence-corrected chi connectivity index (χ2v) is 3.17. The Morgan fingerprint density at radius 3 is 2.86 bits per heavy atom. The number of aryl methyl sites for hydroxylation is 1. The van der Waals surface area contributed by atoms with Gasteiger partial charge in [0.15, 0.2) is 0 Å². The van der Waals surface area contributed by atoms with Gasteiger partial charge in [0.2, 0.25) is 5.91 Å². The van der Waals surface area contributed by atoms with Gasteiger partial charge in [-0.15, -0.1) is 0 Å². The predicted octanol–water partition coefficient (Wildman–Crippen LogP) is 1.41. The number of methoxy groups -OCH3 is 1. The maximum Gasteiger partial charge on any atom is 0.246 e. The molecule has 0 saturated carbocycles. The summed E-state index contributed by atoms with van der Waals surface area (Å²) in [6.45, 7) is 3.81. The molecule has 1 atom stereocenters. The quantitative estimate of drug-likeness (QED) is 0.794. The maximum atomic E-state index is 11.2. The number of furan rings is 1. The molecule has 0 radical (unpaired) electrons. The second kappa shape index (κ2) is 4.81. The molecule has 78 valence electrons. The number of hydrogen-bond acceptors (Lipinski definition) is 3. The number of nitrogens with one attached hydrogen (secondary N) is 1. The van der Waals surface area contributed by atoms with Crippen LogP contribution in [0.1, 0.15) is 24.5 Å². The van der Waals surface area contributed by atoms with E-state index < -0.39 is 0 Å². The molecule has 0 aliphatic carbocycles. The third-order valence-electron chi connectivity index (χ3n) is 1.84. The van der Waals surface area contributed by atoms with E-state index in [4.69, 9.17) is 9.15 Å². The van der Waals surface area contributed by atoms with E-state index in [1.54, 1.807) is 0 Å². The summed E-state index contributed by atoms with van der Waals surface area (Å²) in [5.74, 6) is 1.45. The highest BCUT2D eigenvalue weighted by atomic mass is 16.5. The van der Waals surface area contributed by atoms with Crippen molar-refractivity contribution in [3.8, 4) is 0 Å². The van der Waals surface area contributed by atoms with Gasteiger partial charge in [0.25, 0.3) is 0 Å². The zero-order valence-electron chi connectivity index (χ0n) is 8.66. The summed E-state index contributed by atoms with van der Waals surface area (Å²) in [5.41, 5.74) is 0. The standard InChI is InChI=1S/C10H15NO3/c1-7-4-5-9(14-7)8(2)11-10(12)6-13-3/h4-5,8H,6H2,1-3H3,(H,11,12). The van der Waals surface area contributed by atoms with E-state index in [2.05, 4.69) is 5.32 Å². The fraction of sp³-hybridized carbons (Fsp3) is 0.500. The molecule has 0 saturated heterocycles. The molecular weight excluding hydrogens is 182 g/mol. The van der Waals surface area contributed by atoms with Crippen LogP contribution in [0, 0.1) is 6.92 Å². The molecule has 0 aromatic carbocycles. The lowest BCUT2D eigenvalue weighted by molar-refractivity contribution is -0.125. The van der Waals surface area contributed by atoms with E-state index >= 15 is 0 Å². The lowest BCUT2D eigenvalue weighted by atomic mass is 10.2. The van der Waals surface area contributed by atoms with Gasteiger partial charge in [-0.25, -0.2) is 0 Å². The van der Waals surface area contributed by atoms with Crippen molar-refractivity contribution in [2.75, 3.05) is 13.7 Å². The van der Waals surface area contributed by atoms with Crippen molar-refractivity contribution in [3.05, 3.63) is 23.7 Å². The lowest BCUT2D eigenvalue weighted by Crippen LogP contribution is -2.29. The van der Waals surface area contributed by atoms with Crippen LogP contribution in [0.25, 0.3) is 0 Å². The summed E-state index contributed by atoms with van der Waals surface area (Å²) in [6.07, 6.45) is 0. The minimum absolute atomic E-state index is 0.0734. The molecule has 0 bridgehead atoms. The summed E-state index contributed by atoms with van der Waals surface area (Å²) in [4.78, 5) is 11.2. The second-order valence-electron chi connectivity index (χ2n) is 3.17. The molecule has 0 aliphatic heterocycles. The molecule has 1 aromatic rings. The van der Waals surface area contributed by atoms with Crippen molar-refractivity contribution >= 4 is 5.91 Å². The van der Waals surface area contributed by atoms with Crippen LogP contribution < -0.4 is 5.32 Å². The fourth-order valence-electron chi connectivity index (χ4n) is 1.17. The molecule has 4 nitrogen and oxygen atoms in total. The molecule has 0 fully saturated rings. The van der Waals surface area contributed by atoms with Gasteiger partial charge in [-0.2, -0.15) is 0 Å². The van der Waals surface area contributed by atoms with Crippen LogP contribution in [-0.2, 0) is 9.53 Å². The molecule has 0 aliphatic rings. The molecule has 1 N–H and O–H groups in total. The third-order valence-corrected chi connectivity index (χ3v) is 1.84. The van der Waals surface area contributed by atoms with Gasteiger partial charge in [-0.3, -0.25) is 4.79 Å². The maximum absolute atomic E-state index is 11.2. The number of ether oxygens (including phenoxy) is 1. The Hall–Kier alpha value is -1.29. The third kappa shape index (κ3) is 2.88. The highest BCUT2D eigenvalue weighted by molar-refractivity contribution is 5.77. The first-order valence-corrected chi connectivity index (χ1v) is 4.48. The van der Waals surface area contributed by atoms with Crippen LogP contribution in [-0.4, -0.2) is 19.6 Å². The summed E-state index contributed by atoms with van der Waals surface area (Å²) < 4.78 is 10.1. The molecule has 4 heteroatoms. The van der Waals surface area contributed by atoms with Gasteiger partial charge in [-0.1, -0.05) is 0 Å². The van der Waals surface area contributed by atoms with E-state index in [1.165, 1.54) is 7.11 Å². The average molecular weight is 197 g/mol. The minimum Gasteiger partial charge on any atom is -0.464 e. The first-order valence-electron chi connectivity index (χ1n) is 4.48. The zero-order valence-corrected chi connectivity index (χ0v) is 8.66. The van der Waals surface area contributed by atoms with Crippen LogP contribution in [0.3, 0.4) is 0 Å². The molecular formula is C10H15NO3. The van der Waals surface area contributed by atoms with Crippen molar-refractivity contribution in [2.24, 2.45) is 0 Å². The number of rotatable bonds is 4. The Kier molecular flexibility index (Phi) is 3.71. The highest BCUT2D eigenvalue weighted by Gasteiger charge is 2.11. The van der Waals surface area contributed by atoms with Crippen molar-refractivity contribution in [1.82, 2.24) is 5.32 Å². The smallest absolute Gasteiger partial charge is 0.246 e. The Morgan fingerprint density at radius 2 is 2.36 bits per heavy atom. The number of amides is 1. The van der Waals surface area contributed by atoms with Crippen LogP contribution in [0.4, 0.5) is 0 Å². The van der Waals surface area contributed by atoms with Gasteiger partial charge in [0.05, 0.1) is 6.04 Å². The van der Waals surface area contributed by atoms with Gasteiger partial charge >= 0.3 is 0 Å². The van der Waals surface area contributed by atoms with E-state index in [1.807, 2.05) is 26.0 Å². The number of hydrogen-bond donors (Lipinski definition) is 1. The first-order chi connectivity index (χ1) is 6.63. The molecule has 1 aromatic heterocycles. The minimum atomic E-state index is -0.144. The van der Waals surface area contributed by atoms with Crippen molar-refractivity contribution < 1.29 is 13.9 Å². The van der Waals surface area contributed by atoms with Crippen LogP contribution in [0.5, 0.6) is 0 Å². The normalized spacial score (nSPS) is 12.5. The predicted molar refractivity (Wildman–Crippen MR) is 51.9 cm³/mol. The molecule has 0 spiro atoms. The zero-order chi connectivity index (χ0) is 10.6. The largest absolute Gasteiger partial charge is 0.464 e. The van der Waals surface area contributed by atoms with Crippen LogP contribution in [0.15, 0.2) is 16.5 Å². The van der Waals surface area contributed by atoms with E-state index in [0.717, 1.165) is 11.5 Å². The Morgan fingerprint density at radius 1 is 1.64 bits per heavy atom. The first kappa shape index (κ1) is 10.8. The summed E-state index contributed by atoms with van der Waals surface area (Å²) in [7, 11) is 1.49. The summed E-state index contributed by atoms with van der Waals surface area (Å²) >= 11 is 0. The highest BCUT2D eigenvalue weighted by Crippen LogP contribution is 2.14. The topological polar surface area (TPSA) is 51.5 Å². The summed E-state index contributed by atoms with van der Waals surface area (Å²) in [6, 6.07) is 3.60. The SMILES string of the molecule is COCC(=O)NC(C)c1ccc(C)o1. The lowest BCUT2D eigenvalue weighted by Gasteiger charge is -2.10. The van der Waals surface area contributed by atoms with Gasteiger partial charge in [0.1, 0.15) is 18.1 Å². The summed E-state index contributed by atoms with van der Waals surface area (Å²) in [5, 5.41) is 2.75. The monoisotopic (exact) mass is 197 g/mol. The van der Waals surface area contributed by atoms with E-state index in [0.29, 0.717) is 0 Å². The van der Waals surface area contributed by atoms with Gasteiger partial charge in [-0.05, 0) is 26.0 Å². The molecule has 1 unspecified atom stereocenters. The Balaban J connectivity index is 2.50. The number of carbonyl (C=O) groups is 1. The molecule has 1 amide bonds. The molecule has 14 heavy (non-hydrogen) atoms. The van der Waals surface area contributed by atoms with E-state index in [9.17, 15) is 4.79 Å². The van der Waals surface area contributed by atoms with Crippen LogP contribution in [0.2, 0.25) is 0 Å². The molecule has 1 heterocycles. The van der Waals surface area contributed by atoms with E-state index in [-0.39, 0.29) is 18.6 Å². The van der Waals surface area contributed by atoms with Crippen molar-refractivity contribution in [2.45, 2.75) is 19.9 Å².